The fourth-order valence-corrected chi connectivity index (χ4v) is 2.78. The highest BCUT2D eigenvalue weighted by molar-refractivity contribution is 6.30. The van der Waals surface area contributed by atoms with Gasteiger partial charge in [-0.2, -0.15) is 0 Å². The Morgan fingerprint density at radius 3 is 2.25 bits per heavy atom. The number of nitrogens with zero attached hydrogens (tertiary/aromatic N) is 2. The lowest BCUT2D eigenvalue weighted by Gasteiger charge is -2.34. The molecule has 0 spiro atoms. The highest BCUT2D eigenvalue weighted by atomic mass is 35.5. The lowest BCUT2D eigenvalue weighted by atomic mass is 10.2. The van der Waals surface area contributed by atoms with Crippen LogP contribution < -0.4 is 10.6 Å². The van der Waals surface area contributed by atoms with Crippen molar-refractivity contribution in [1.29, 1.82) is 0 Å². The number of amides is 2. The number of nitrogens with one attached hydrogen (secondary N) is 2. The van der Waals surface area contributed by atoms with Gasteiger partial charge in [-0.15, -0.1) is 0 Å². The van der Waals surface area contributed by atoms with Crippen molar-refractivity contribution in [3.63, 3.8) is 0 Å². The van der Waals surface area contributed by atoms with Crippen LogP contribution >= 0.6 is 11.6 Å². The first-order valence-electron chi connectivity index (χ1n) is 8.29. The number of benzene rings is 1. The summed E-state index contributed by atoms with van der Waals surface area (Å²) in [5, 5.41) is 6.06. The maximum atomic E-state index is 11.9. The lowest BCUT2D eigenvalue weighted by Crippen LogP contribution is -2.49. The maximum absolute atomic E-state index is 11.9. The van der Waals surface area contributed by atoms with E-state index in [1.54, 1.807) is 0 Å². The quantitative estimate of drug-likeness (QED) is 0.758. The number of likely N-dealkylation sites (N-methyl/N-ethyl adjacent to an activating group) is 1. The van der Waals surface area contributed by atoms with Gasteiger partial charge in [-0.05, 0) is 24.6 Å². The third-order valence-electron chi connectivity index (χ3n) is 3.97. The molecule has 2 amide bonds. The first-order chi connectivity index (χ1) is 11.6. The Kier molecular flexibility index (Phi) is 7.49. The smallest absolute Gasteiger partial charge is 0.239 e. The van der Waals surface area contributed by atoms with E-state index in [2.05, 4.69) is 20.4 Å². The number of carbonyl (C=O) groups is 2. The van der Waals surface area contributed by atoms with Gasteiger partial charge in [-0.1, -0.05) is 23.7 Å². The summed E-state index contributed by atoms with van der Waals surface area (Å²) in [7, 11) is 0. The standard InChI is InChI=1S/C17H25ClN4O2/c1-2-19-16(23)11-20-17(24)13-22-9-7-21(8-10-22)12-14-3-5-15(18)6-4-14/h3-6H,2,7-13H2,1H3,(H,19,23)(H,20,24). The summed E-state index contributed by atoms with van der Waals surface area (Å²) >= 11 is 5.90. The first kappa shape index (κ1) is 18.7. The van der Waals surface area contributed by atoms with Gasteiger partial charge in [0.15, 0.2) is 0 Å². The normalized spacial score (nSPS) is 15.9. The van der Waals surface area contributed by atoms with Crippen LogP contribution in [0.5, 0.6) is 0 Å². The summed E-state index contributed by atoms with van der Waals surface area (Å²) in [5.41, 5.74) is 1.24. The van der Waals surface area contributed by atoms with Crippen molar-refractivity contribution in [1.82, 2.24) is 20.4 Å². The fraction of sp³-hybridized carbons (Fsp3) is 0.529. The molecular weight excluding hydrogens is 328 g/mol. The average Bonchev–Trinajstić information content (AvgIpc) is 2.57. The van der Waals surface area contributed by atoms with Gasteiger partial charge < -0.3 is 10.6 Å². The molecule has 0 saturated carbocycles. The molecule has 2 N–H and O–H groups in total. The highest BCUT2D eigenvalue weighted by Gasteiger charge is 2.19. The minimum Gasteiger partial charge on any atom is -0.355 e. The Morgan fingerprint density at radius 2 is 1.62 bits per heavy atom. The van der Waals surface area contributed by atoms with Gasteiger partial charge in [-0.3, -0.25) is 19.4 Å². The molecule has 0 aliphatic carbocycles. The molecule has 6 nitrogen and oxygen atoms in total. The van der Waals surface area contributed by atoms with E-state index in [9.17, 15) is 9.59 Å². The van der Waals surface area contributed by atoms with E-state index < -0.39 is 0 Å². The zero-order valence-electron chi connectivity index (χ0n) is 14.1. The Labute approximate surface area is 148 Å². The topological polar surface area (TPSA) is 64.7 Å². The van der Waals surface area contributed by atoms with E-state index >= 15 is 0 Å². The predicted molar refractivity (Wildman–Crippen MR) is 94.9 cm³/mol. The zero-order valence-corrected chi connectivity index (χ0v) is 14.8. The van der Waals surface area contributed by atoms with Crippen LogP contribution in [0.2, 0.25) is 5.02 Å². The number of carbonyl (C=O) groups excluding carboxylic acids is 2. The molecule has 1 heterocycles. The monoisotopic (exact) mass is 352 g/mol. The molecule has 1 fully saturated rings. The summed E-state index contributed by atoms with van der Waals surface area (Å²) in [4.78, 5) is 27.7. The van der Waals surface area contributed by atoms with Crippen molar-refractivity contribution >= 4 is 23.4 Å². The van der Waals surface area contributed by atoms with Crippen LogP contribution in [0.3, 0.4) is 0 Å². The minimum atomic E-state index is -0.154. The summed E-state index contributed by atoms with van der Waals surface area (Å²) in [6.45, 7) is 7.25. The largest absolute Gasteiger partial charge is 0.355 e. The molecular formula is C17H25ClN4O2. The third kappa shape index (κ3) is 6.47. The van der Waals surface area contributed by atoms with Crippen molar-refractivity contribution in [3.8, 4) is 0 Å². The molecule has 24 heavy (non-hydrogen) atoms. The molecule has 1 saturated heterocycles. The van der Waals surface area contributed by atoms with Crippen LogP contribution in [0.1, 0.15) is 12.5 Å². The molecule has 0 bridgehead atoms. The number of rotatable bonds is 7. The molecule has 1 aliphatic rings. The number of hydrogen-bond donors (Lipinski definition) is 2. The van der Waals surface area contributed by atoms with Crippen LogP contribution in [-0.2, 0) is 16.1 Å². The second kappa shape index (κ2) is 9.61. The van der Waals surface area contributed by atoms with Gasteiger partial charge in [0.25, 0.3) is 0 Å². The second-order valence-electron chi connectivity index (χ2n) is 5.91. The summed E-state index contributed by atoms with van der Waals surface area (Å²) in [6, 6.07) is 7.91. The molecule has 0 radical (unpaired) electrons. The first-order valence-corrected chi connectivity index (χ1v) is 8.67. The van der Waals surface area contributed by atoms with Crippen LogP contribution in [0, 0.1) is 0 Å². The fourth-order valence-electron chi connectivity index (χ4n) is 2.65. The van der Waals surface area contributed by atoms with Crippen molar-refractivity contribution < 1.29 is 9.59 Å². The molecule has 2 rings (SSSR count). The van der Waals surface area contributed by atoms with Crippen molar-refractivity contribution in [2.75, 3.05) is 45.8 Å². The van der Waals surface area contributed by atoms with Gasteiger partial charge in [0.2, 0.25) is 11.8 Å². The summed E-state index contributed by atoms with van der Waals surface area (Å²) < 4.78 is 0. The maximum Gasteiger partial charge on any atom is 0.239 e. The van der Waals surface area contributed by atoms with Gasteiger partial charge in [0, 0.05) is 44.3 Å². The Balaban J connectivity index is 1.66. The minimum absolute atomic E-state index is 0.0448. The predicted octanol–water partition coefficient (Wildman–Crippen LogP) is 0.710. The molecule has 0 aromatic heterocycles. The zero-order chi connectivity index (χ0) is 17.4. The van der Waals surface area contributed by atoms with E-state index in [1.807, 2.05) is 31.2 Å². The van der Waals surface area contributed by atoms with Crippen molar-refractivity contribution in [2.24, 2.45) is 0 Å². The van der Waals surface area contributed by atoms with E-state index in [0.29, 0.717) is 13.1 Å². The third-order valence-corrected chi connectivity index (χ3v) is 4.22. The molecule has 0 unspecified atom stereocenters. The number of piperazine rings is 1. The van der Waals surface area contributed by atoms with Crippen molar-refractivity contribution in [3.05, 3.63) is 34.9 Å². The molecule has 1 aromatic carbocycles. The number of hydrogen-bond acceptors (Lipinski definition) is 4. The highest BCUT2D eigenvalue weighted by Crippen LogP contribution is 2.12. The SMILES string of the molecule is CCNC(=O)CNC(=O)CN1CCN(Cc2ccc(Cl)cc2)CC1. The van der Waals surface area contributed by atoms with Crippen LogP contribution in [0.15, 0.2) is 24.3 Å². The van der Waals surface area contributed by atoms with Crippen LogP contribution in [0.4, 0.5) is 0 Å². The van der Waals surface area contributed by atoms with E-state index in [1.165, 1.54) is 5.56 Å². The Hall–Kier alpha value is -1.63. The van der Waals surface area contributed by atoms with E-state index in [4.69, 9.17) is 11.6 Å². The molecule has 1 aromatic rings. The van der Waals surface area contributed by atoms with Crippen molar-refractivity contribution in [2.45, 2.75) is 13.5 Å². The second-order valence-corrected chi connectivity index (χ2v) is 6.35. The van der Waals surface area contributed by atoms with Gasteiger partial charge in [0.1, 0.15) is 0 Å². The average molecular weight is 353 g/mol. The molecule has 132 valence electrons. The van der Waals surface area contributed by atoms with E-state index in [-0.39, 0.29) is 18.4 Å². The Morgan fingerprint density at radius 1 is 1.00 bits per heavy atom. The van der Waals surface area contributed by atoms with Gasteiger partial charge in [0.05, 0.1) is 13.1 Å². The lowest BCUT2D eigenvalue weighted by molar-refractivity contribution is -0.127. The number of halogens is 1. The molecule has 7 heteroatoms. The Bertz CT molecular complexity index is 542. The van der Waals surface area contributed by atoms with Crippen LogP contribution in [0.25, 0.3) is 0 Å². The summed E-state index contributed by atoms with van der Waals surface area (Å²) in [5.74, 6) is -0.258. The van der Waals surface area contributed by atoms with E-state index in [0.717, 1.165) is 37.7 Å². The van der Waals surface area contributed by atoms with Gasteiger partial charge >= 0.3 is 0 Å². The van der Waals surface area contributed by atoms with Crippen LogP contribution in [-0.4, -0.2) is 67.4 Å². The van der Waals surface area contributed by atoms with Gasteiger partial charge in [-0.25, -0.2) is 0 Å². The molecule has 1 aliphatic heterocycles. The summed E-state index contributed by atoms with van der Waals surface area (Å²) in [6.07, 6.45) is 0. The molecule has 0 atom stereocenters.